The van der Waals surface area contributed by atoms with Gasteiger partial charge < -0.3 is 25.0 Å². The van der Waals surface area contributed by atoms with Crippen molar-refractivity contribution >= 4 is 12.1 Å². The Labute approximate surface area is 155 Å². The van der Waals surface area contributed by atoms with Gasteiger partial charge in [-0.3, -0.25) is 0 Å². The van der Waals surface area contributed by atoms with Crippen LogP contribution in [0.25, 0.3) is 0 Å². The number of hydrogen-bond acceptors (Lipinski definition) is 4. The van der Waals surface area contributed by atoms with Crippen LogP contribution < -0.4 is 15.4 Å². The van der Waals surface area contributed by atoms with Gasteiger partial charge in [-0.2, -0.15) is 0 Å². The minimum atomic E-state index is -0.254. The number of likely N-dealkylation sites (tertiary alicyclic amines) is 1. The highest BCUT2D eigenvalue weighted by molar-refractivity contribution is 5.80. The van der Waals surface area contributed by atoms with Crippen LogP contribution in [0.5, 0.6) is 5.75 Å². The summed E-state index contributed by atoms with van der Waals surface area (Å²) in [5, 5.41) is 6.73. The van der Waals surface area contributed by atoms with E-state index in [2.05, 4.69) is 15.6 Å². The number of nitrogens with one attached hydrogen (secondary N) is 2. The lowest BCUT2D eigenvalue weighted by molar-refractivity contribution is 0.111. The zero-order valence-corrected chi connectivity index (χ0v) is 15.9. The number of amides is 1. The molecule has 1 saturated heterocycles. The summed E-state index contributed by atoms with van der Waals surface area (Å²) in [5.74, 6) is 1.64. The van der Waals surface area contributed by atoms with Gasteiger partial charge in [0.1, 0.15) is 11.9 Å². The number of benzene rings is 1. The Bertz CT molecular complexity index is 571. The molecule has 1 atom stereocenters. The van der Waals surface area contributed by atoms with Crippen molar-refractivity contribution in [3.05, 3.63) is 30.3 Å². The van der Waals surface area contributed by atoms with Gasteiger partial charge in [0.05, 0.1) is 13.7 Å². The second kappa shape index (κ2) is 10.5. The van der Waals surface area contributed by atoms with E-state index in [-0.39, 0.29) is 12.2 Å². The molecule has 1 aliphatic rings. The van der Waals surface area contributed by atoms with Crippen molar-refractivity contribution in [2.45, 2.75) is 38.8 Å². The van der Waals surface area contributed by atoms with Crippen molar-refractivity contribution in [2.75, 3.05) is 33.3 Å². The molecule has 7 nitrogen and oxygen atoms in total. The normalized spacial score (nSPS) is 16.7. The zero-order chi connectivity index (χ0) is 18.8. The standard InChI is InChI=1S/C19H30N4O3/c1-4-20-18(21-14-15(2)26-17-8-6-5-7-9-17)22-16-10-12-23(13-11-16)19(24)25-3/h5-9,15-16H,4,10-14H2,1-3H3,(H2,20,21,22). The number of methoxy groups -OCH3 is 1. The van der Waals surface area contributed by atoms with Crippen LogP contribution in [0.3, 0.4) is 0 Å². The molecule has 1 aliphatic heterocycles. The molecule has 144 valence electrons. The molecule has 0 radical (unpaired) electrons. The average molecular weight is 362 g/mol. The van der Waals surface area contributed by atoms with Crippen molar-refractivity contribution in [3.63, 3.8) is 0 Å². The van der Waals surface area contributed by atoms with E-state index in [1.807, 2.05) is 44.2 Å². The molecule has 0 aliphatic carbocycles. The van der Waals surface area contributed by atoms with Crippen LogP contribution in [-0.2, 0) is 4.74 Å². The molecule has 1 unspecified atom stereocenters. The molecule has 26 heavy (non-hydrogen) atoms. The number of nitrogens with zero attached hydrogens (tertiary/aromatic N) is 2. The number of rotatable bonds is 6. The lowest BCUT2D eigenvalue weighted by atomic mass is 10.1. The predicted octanol–water partition coefficient (Wildman–Crippen LogP) is 2.24. The second-order valence-corrected chi connectivity index (χ2v) is 6.34. The first kappa shape index (κ1) is 19.9. The van der Waals surface area contributed by atoms with E-state index in [4.69, 9.17) is 9.47 Å². The third kappa shape index (κ3) is 6.46. The van der Waals surface area contributed by atoms with E-state index in [1.54, 1.807) is 4.90 Å². The van der Waals surface area contributed by atoms with Gasteiger partial charge in [-0.15, -0.1) is 0 Å². The molecule has 0 spiro atoms. The molecule has 1 fully saturated rings. The third-order valence-electron chi connectivity index (χ3n) is 4.20. The van der Waals surface area contributed by atoms with E-state index in [0.29, 0.717) is 25.7 Å². The van der Waals surface area contributed by atoms with Gasteiger partial charge in [0.2, 0.25) is 0 Å². The Kier molecular flexibility index (Phi) is 8.05. The molecule has 2 N–H and O–H groups in total. The first-order valence-corrected chi connectivity index (χ1v) is 9.21. The highest BCUT2D eigenvalue weighted by atomic mass is 16.5. The summed E-state index contributed by atoms with van der Waals surface area (Å²) >= 11 is 0. The molecular weight excluding hydrogens is 332 g/mol. The van der Waals surface area contributed by atoms with Crippen LogP contribution in [-0.4, -0.2) is 62.4 Å². The van der Waals surface area contributed by atoms with Crippen LogP contribution in [0, 0.1) is 0 Å². The van der Waals surface area contributed by atoms with Crippen molar-refractivity contribution in [3.8, 4) is 5.75 Å². The third-order valence-corrected chi connectivity index (χ3v) is 4.20. The lowest BCUT2D eigenvalue weighted by Crippen LogP contribution is -2.50. The SMILES string of the molecule is CCNC(=NCC(C)Oc1ccccc1)NC1CCN(C(=O)OC)CC1. The number of aliphatic imine (C=N–C) groups is 1. The summed E-state index contributed by atoms with van der Waals surface area (Å²) in [7, 11) is 1.42. The summed E-state index contributed by atoms with van der Waals surface area (Å²) in [4.78, 5) is 17.9. The smallest absolute Gasteiger partial charge is 0.409 e. The zero-order valence-electron chi connectivity index (χ0n) is 15.9. The first-order valence-electron chi connectivity index (χ1n) is 9.21. The van der Waals surface area contributed by atoms with Crippen molar-refractivity contribution < 1.29 is 14.3 Å². The molecule has 7 heteroatoms. The minimum absolute atomic E-state index is 0.0194. The minimum Gasteiger partial charge on any atom is -0.489 e. The quantitative estimate of drug-likeness (QED) is 0.600. The number of piperidine rings is 1. The average Bonchev–Trinajstić information content (AvgIpc) is 2.67. The van der Waals surface area contributed by atoms with E-state index in [9.17, 15) is 4.79 Å². The molecule has 1 amide bonds. The van der Waals surface area contributed by atoms with Gasteiger partial charge >= 0.3 is 6.09 Å². The topological polar surface area (TPSA) is 75.2 Å². The summed E-state index contributed by atoms with van der Waals surface area (Å²) in [6.07, 6.45) is 1.47. The molecular formula is C19H30N4O3. The monoisotopic (exact) mass is 362 g/mol. The second-order valence-electron chi connectivity index (χ2n) is 6.34. The van der Waals surface area contributed by atoms with Gasteiger partial charge in [-0.1, -0.05) is 18.2 Å². The van der Waals surface area contributed by atoms with Crippen molar-refractivity contribution in [1.82, 2.24) is 15.5 Å². The summed E-state index contributed by atoms with van der Waals surface area (Å²) < 4.78 is 10.6. The Balaban J connectivity index is 1.82. The highest BCUT2D eigenvalue weighted by Crippen LogP contribution is 2.12. The van der Waals surface area contributed by atoms with Crippen molar-refractivity contribution in [2.24, 2.45) is 4.99 Å². The Morgan fingerprint density at radius 2 is 2.00 bits per heavy atom. The number of ether oxygens (including phenoxy) is 2. The molecule has 1 aromatic rings. The molecule has 2 rings (SSSR count). The molecule has 1 aromatic carbocycles. The van der Waals surface area contributed by atoms with Gasteiger partial charge in [0, 0.05) is 25.7 Å². The number of para-hydroxylation sites is 1. The summed E-state index contributed by atoms with van der Waals surface area (Å²) in [6, 6.07) is 10.1. The van der Waals surface area contributed by atoms with E-state index in [0.717, 1.165) is 31.1 Å². The van der Waals surface area contributed by atoms with E-state index < -0.39 is 0 Å². The van der Waals surface area contributed by atoms with Gasteiger partial charge in [0.15, 0.2) is 5.96 Å². The number of carbonyl (C=O) groups is 1. The van der Waals surface area contributed by atoms with Gasteiger partial charge in [-0.25, -0.2) is 9.79 Å². The van der Waals surface area contributed by atoms with Crippen LogP contribution >= 0.6 is 0 Å². The van der Waals surface area contributed by atoms with E-state index >= 15 is 0 Å². The maximum atomic E-state index is 11.6. The highest BCUT2D eigenvalue weighted by Gasteiger charge is 2.23. The van der Waals surface area contributed by atoms with Crippen LogP contribution in [0.1, 0.15) is 26.7 Å². The van der Waals surface area contributed by atoms with Gasteiger partial charge in [-0.05, 0) is 38.8 Å². The molecule has 1 heterocycles. The number of guanidine groups is 1. The van der Waals surface area contributed by atoms with Gasteiger partial charge in [0.25, 0.3) is 0 Å². The molecule has 0 aromatic heterocycles. The predicted molar refractivity (Wildman–Crippen MR) is 103 cm³/mol. The van der Waals surface area contributed by atoms with Crippen LogP contribution in [0.15, 0.2) is 35.3 Å². The molecule has 0 bridgehead atoms. The van der Waals surface area contributed by atoms with Crippen LogP contribution in [0.2, 0.25) is 0 Å². The number of hydrogen-bond donors (Lipinski definition) is 2. The van der Waals surface area contributed by atoms with Crippen LogP contribution in [0.4, 0.5) is 4.79 Å². The number of carbonyl (C=O) groups excluding carboxylic acids is 1. The Morgan fingerprint density at radius 3 is 2.62 bits per heavy atom. The van der Waals surface area contributed by atoms with E-state index in [1.165, 1.54) is 7.11 Å². The largest absolute Gasteiger partial charge is 0.489 e. The Morgan fingerprint density at radius 1 is 1.31 bits per heavy atom. The fraction of sp³-hybridized carbons (Fsp3) is 0.579. The maximum absolute atomic E-state index is 11.6. The van der Waals surface area contributed by atoms with Crippen molar-refractivity contribution in [1.29, 1.82) is 0 Å². The molecule has 0 saturated carbocycles. The maximum Gasteiger partial charge on any atom is 0.409 e. The Hall–Kier alpha value is -2.44. The summed E-state index contributed by atoms with van der Waals surface area (Å²) in [5.41, 5.74) is 0. The fourth-order valence-corrected chi connectivity index (χ4v) is 2.84. The lowest BCUT2D eigenvalue weighted by Gasteiger charge is -2.32. The summed E-state index contributed by atoms with van der Waals surface area (Å²) in [6.45, 7) is 6.79. The first-order chi connectivity index (χ1) is 12.6. The fourth-order valence-electron chi connectivity index (χ4n) is 2.84.